The van der Waals surface area contributed by atoms with Gasteiger partial charge >= 0.3 is 5.97 Å². The number of benzene rings is 2. The molecule has 2 aromatic carbocycles. The van der Waals surface area contributed by atoms with Crippen molar-refractivity contribution in [2.45, 2.75) is 0 Å². The Morgan fingerprint density at radius 3 is 2.05 bits per heavy atom. The summed E-state index contributed by atoms with van der Waals surface area (Å²) in [6, 6.07) is 17.2. The summed E-state index contributed by atoms with van der Waals surface area (Å²) in [4.78, 5) is 10.4. The SMILES string of the molecule is O=C(O)C=Cc1ccc(C#Cc2ccccc2)cc1. The predicted octanol–water partition coefficient (Wildman–Crippen LogP) is 3.18. The molecule has 0 fully saturated rings. The standard InChI is InChI=1S/C17H12O2/c18-17(19)13-12-16-10-8-15(9-11-16)7-6-14-4-2-1-3-5-14/h1-5,8-13H,(H,18,19). The van der Waals surface area contributed by atoms with Crippen molar-refractivity contribution in [2.24, 2.45) is 0 Å². The average molecular weight is 248 g/mol. The van der Waals surface area contributed by atoms with Gasteiger partial charge in [0.2, 0.25) is 0 Å². The Balaban J connectivity index is 2.12. The molecule has 1 N–H and O–H groups in total. The van der Waals surface area contributed by atoms with E-state index < -0.39 is 5.97 Å². The van der Waals surface area contributed by atoms with E-state index in [0.29, 0.717) is 0 Å². The van der Waals surface area contributed by atoms with Crippen LogP contribution in [0.1, 0.15) is 16.7 Å². The quantitative estimate of drug-likeness (QED) is 0.654. The van der Waals surface area contributed by atoms with Crippen molar-refractivity contribution in [3.8, 4) is 11.8 Å². The van der Waals surface area contributed by atoms with Crippen LogP contribution in [0.2, 0.25) is 0 Å². The van der Waals surface area contributed by atoms with E-state index in [4.69, 9.17) is 5.11 Å². The van der Waals surface area contributed by atoms with Crippen LogP contribution in [0.4, 0.5) is 0 Å². The van der Waals surface area contributed by atoms with Gasteiger partial charge in [-0.25, -0.2) is 4.79 Å². The second-order valence-corrected chi connectivity index (χ2v) is 3.91. The van der Waals surface area contributed by atoms with Crippen LogP contribution >= 0.6 is 0 Å². The molecule has 0 radical (unpaired) electrons. The first-order valence-corrected chi connectivity index (χ1v) is 5.82. The first kappa shape index (κ1) is 12.7. The predicted molar refractivity (Wildman–Crippen MR) is 75.5 cm³/mol. The summed E-state index contributed by atoms with van der Waals surface area (Å²) in [6.45, 7) is 0. The number of carboxylic acid groups (broad SMARTS) is 1. The Morgan fingerprint density at radius 2 is 1.47 bits per heavy atom. The van der Waals surface area contributed by atoms with Gasteiger partial charge in [0.1, 0.15) is 0 Å². The van der Waals surface area contributed by atoms with E-state index in [1.54, 1.807) is 6.08 Å². The summed E-state index contributed by atoms with van der Waals surface area (Å²) < 4.78 is 0. The van der Waals surface area contributed by atoms with E-state index in [1.165, 1.54) is 0 Å². The molecule has 0 unspecified atom stereocenters. The molecule has 19 heavy (non-hydrogen) atoms. The van der Waals surface area contributed by atoms with Crippen molar-refractivity contribution in [2.75, 3.05) is 0 Å². The van der Waals surface area contributed by atoms with Crippen molar-refractivity contribution >= 4 is 12.0 Å². The van der Waals surface area contributed by atoms with Crippen molar-refractivity contribution in [3.63, 3.8) is 0 Å². The first-order valence-electron chi connectivity index (χ1n) is 5.82. The average Bonchev–Trinajstić information content (AvgIpc) is 2.45. The molecule has 0 aliphatic carbocycles. The highest BCUT2D eigenvalue weighted by Crippen LogP contribution is 2.05. The smallest absolute Gasteiger partial charge is 0.328 e. The fourth-order valence-electron chi connectivity index (χ4n) is 1.51. The lowest BCUT2D eigenvalue weighted by molar-refractivity contribution is -0.131. The maximum Gasteiger partial charge on any atom is 0.328 e. The maximum atomic E-state index is 10.4. The zero-order chi connectivity index (χ0) is 13.5. The Labute approximate surface area is 112 Å². The molecule has 0 atom stereocenters. The third-order valence-corrected chi connectivity index (χ3v) is 2.45. The normalized spacial score (nSPS) is 9.89. The monoisotopic (exact) mass is 248 g/mol. The van der Waals surface area contributed by atoms with Gasteiger partial charge in [-0.3, -0.25) is 0 Å². The molecular weight excluding hydrogens is 236 g/mol. The number of hydrogen-bond donors (Lipinski definition) is 1. The molecule has 2 aromatic rings. The number of carboxylic acids is 1. The number of aliphatic carboxylic acids is 1. The number of hydrogen-bond acceptors (Lipinski definition) is 1. The van der Waals surface area contributed by atoms with Gasteiger partial charge in [0.05, 0.1) is 0 Å². The van der Waals surface area contributed by atoms with Gasteiger partial charge in [-0.05, 0) is 35.9 Å². The molecule has 0 saturated carbocycles. The zero-order valence-corrected chi connectivity index (χ0v) is 10.2. The third-order valence-electron chi connectivity index (χ3n) is 2.45. The lowest BCUT2D eigenvalue weighted by Gasteiger charge is -1.93. The topological polar surface area (TPSA) is 37.3 Å². The van der Waals surface area contributed by atoms with Crippen LogP contribution in [0.3, 0.4) is 0 Å². The molecule has 2 heteroatoms. The molecule has 2 rings (SSSR count). The van der Waals surface area contributed by atoms with Crippen molar-refractivity contribution < 1.29 is 9.90 Å². The Bertz CT molecular complexity index is 641. The first-order chi connectivity index (χ1) is 9.24. The molecule has 0 aromatic heterocycles. The summed E-state index contributed by atoms with van der Waals surface area (Å²) in [6.07, 6.45) is 2.67. The fraction of sp³-hybridized carbons (Fsp3) is 0. The van der Waals surface area contributed by atoms with E-state index >= 15 is 0 Å². The Kier molecular flexibility index (Phi) is 4.15. The van der Waals surface area contributed by atoms with Crippen LogP contribution in [0.15, 0.2) is 60.7 Å². The highest BCUT2D eigenvalue weighted by atomic mass is 16.4. The summed E-state index contributed by atoms with van der Waals surface area (Å²) in [5.41, 5.74) is 2.71. The Morgan fingerprint density at radius 1 is 0.895 bits per heavy atom. The van der Waals surface area contributed by atoms with Gasteiger partial charge in [-0.15, -0.1) is 0 Å². The molecule has 0 heterocycles. The Hall–Kier alpha value is -2.79. The minimum atomic E-state index is -0.951. The van der Waals surface area contributed by atoms with Gasteiger partial charge in [0.25, 0.3) is 0 Å². The van der Waals surface area contributed by atoms with Crippen LogP contribution in [-0.2, 0) is 4.79 Å². The summed E-state index contributed by atoms with van der Waals surface area (Å²) in [5, 5.41) is 8.53. The highest BCUT2D eigenvalue weighted by molar-refractivity contribution is 5.85. The van der Waals surface area contributed by atoms with Crippen LogP contribution in [-0.4, -0.2) is 11.1 Å². The van der Waals surface area contributed by atoms with E-state index in [1.807, 2.05) is 54.6 Å². The van der Waals surface area contributed by atoms with Crippen LogP contribution in [0, 0.1) is 11.8 Å². The number of rotatable bonds is 2. The highest BCUT2D eigenvalue weighted by Gasteiger charge is 1.90. The largest absolute Gasteiger partial charge is 0.478 e. The van der Waals surface area contributed by atoms with Gasteiger partial charge in [0, 0.05) is 17.2 Å². The molecular formula is C17H12O2. The lowest BCUT2D eigenvalue weighted by Crippen LogP contribution is -1.85. The molecule has 0 saturated heterocycles. The maximum absolute atomic E-state index is 10.4. The molecule has 0 amide bonds. The van der Waals surface area contributed by atoms with E-state index in [9.17, 15) is 4.79 Å². The summed E-state index contributed by atoms with van der Waals surface area (Å²) in [5.74, 6) is 5.18. The number of carbonyl (C=O) groups is 1. The molecule has 0 aliphatic heterocycles. The van der Waals surface area contributed by atoms with Crippen LogP contribution < -0.4 is 0 Å². The van der Waals surface area contributed by atoms with Crippen molar-refractivity contribution in [3.05, 3.63) is 77.4 Å². The van der Waals surface area contributed by atoms with Crippen LogP contribution in [0.5, 0.6) is 0 Å². The van der Waals surface area contributed by atoms with Crippen molar-refractivity contribution in [1.82, 2.24) is 0 Å². The molecule has 92 valence electrons. The van der Waals surface area contributed by atoms with Gasteiger partial charge < -0.3 is 5.11 Å². The molecule has 2 nitrogen and oxygen atoms in total. The second kappa shape index (κ2) is 6.23. The van der Waals surface area contributed by atoms with Gasteiger partial charge in [-0.1, -0.05) is 42.2 Å². The molecule has 0 aliphatic rings. The van der Waals surface area contributed by atoms with Crippen molar-refractivity contribution in [1.29, 1.82) is 0 Å². The fourth-order valence-corrected chi connectivity index (χ4v) is 1.51. The zero-order valence-electron chi connectivity index (χ0n) is 10.2. The minimum Gasteiger partial charge on any atom is -0.478 e. The van der Waals surface area contributed by atoms with E-state index in [-0.39, 0.29) is 0 Å². The molecule has 0 bridgehead atoms. The van der Waals surface area contributed by atoms with E-state index in [2.05, 4.69) is 11.8 Å². The van der Waals surface area contributed by atoms with Gasteiger partial charge in [-0.2, -0.15) is 0 Å². The van der Waals surface area contributed by atoms with Gasteiger partial charge in [0.15, 0.2) is 0 Å². The summed E-state index contributed by atoms with van der Waals surface area (Å²) in [7, 11) is 0. The summed E-state index contributed by atoms with van der Waals surface area (Å²) >= 11 is 0. The van der Waals surface area contributed by atoms with E-state index in [0.717, 1.165) is 22.8 Å². The van der Waals surface area contributed by atoms with Crippen LogP contribution in [0.25, 0.3) is 6.08 Å². The lowest BCUT2D eigenvalue weighted by atomic mass is 10.1. The third kappa shape index (κ3) is 4.18. The minimum absolute atomic E-state index is 0.840. The molecule has 0 spiro atoms. The second-order valence-electron chi connectivity index (χ2n) is 3.91.